The number of nitrogens with zero attached hydrogens (tertiary/aromatic N) is 2. The third-order valence-electron chi connectivity index (χ3n) is 4.54. The average molecular weight is 409 g/mol. The van der Waals surface area contributed by atoms with E-state index in [0.29, 0.717) is 0 Å². The maximum atomic E-state index is 13.5. The Bertz CT molecular complexity index is 787. The summed E-state index contributed by atoms with van der Waals surface area (Å²) >= 11 is 0. The Morgan fingerprint density at radius 3 is 2.59 bits per heavy atom. The van der Waals surface area contributed by atoms with E-state index in [4.69, 9.17) is 4.74 Å². The highest BCUT2D eigenvalue weighted by Gasteiger charge is 2.38. The smallest absolute Gasteiger partial charge is 0.328 e. The summed E-state index contributed by atoms with van der Waals surface area (Å²) in [5, 5.41) is 2.49. The largest absolute Gasteiger partial charge is 0.467 e. The molecule has 1 aromatic rings. The fourth-order valence-corrected chi connectivity index (χ4v) is 3.05. The van der Waals surface area contributed by atoms with E-state index in [9.17, 15) is 23.6 Å². The highest BCUT2D eigenvalue weighted by Crippen LogP contribution is 2.15. The molecule has 1 fully saturated rings. The summed E-state index contributed by atoms with van der Waals surface area (Å²) in [6, 6.07) is 3.27. The predicted molar refractivity (Wildman–Crippen MR) is 99.3 cm³/mol. The number of rotatable bonds is 6. The summed E-state index contributed by atoms with van der Waals surface area (Å²) < 4.78 is 22.9. The number of hydrogen-bond donors (Lipinski definition) is 1. The lowest BCUT2D eigenvalue weighted by molar-refractivity contribution is -0.149. The third-order valence-corrected chi connectivity index (χ3v) is 4.54. The van der Waals surface area contributed by atoms with Crippen LogP contribution in [0.5, 0.6) is 0 Å². The van der Waals surface area contributed by atoms with E-state index in [2.05, 4.69) is 10.1 Å². The van der Waals surface area contributed by atoms with Crippen molar-refractivity contribution < 1.29 is 33.0 Å². The minimum atomic E-state index is -1.03. The molecule has 1 aliphatic heterocycles. The van der Waals surface area contributed by atoms with E-state index in [1.54, 1.807) is 0 Å². The summed E-state index contributed by atoms with van der Waals surface area (Å²) in [5.41, 5.74) is 0.142. The zero-order valence-electron chi connectivity index (χ0n) is 16.5. The normalized spacial score (nSPS) is 17.4. The molecule has 9 nitrogen and oxygen atoms in total. The lowest BCUT2D eigenvalue weighted by atomic mass is 10.1. The van der Waals surface area contributed by atoms with Crippen molar-refractivity contribution in [3.05, 3.63) is 35.6 Å². The Morgan fingerprint density at radius 2 is 1.97 bits per heavy atom. The van der Waals surface area contributed by atoms with E-state index in [-0.39, 0.29) is 31.8 Å². The number of esters is 1. The highest BCUT2D eigenvalue weighted by atomic mass is 19.1. The molecule has 158 valence electrons. The lowest BCUT2D eigenvalue weighted by Gasteiger charge is -2.40. The van der Waals surface area contributed by atoms with Gasteiger partial charge in [0.1, 0.15) is 24.5 Å². The van der Waals surface area contributed by atoms with Crippen LogP contribution >= 0.6 is 0 Å². The molecule has 0 unspecified atom stereocenters. The first-order valence-corrected chi connectivity index (χ1v) is 9.00. The molecule has 0 aliphatic carbocycles. The minimum absolute atomic E-state index is 0.0912. The second-order valence-electron chi connectivity index (χ2n) is 6.55. The van der Waals surface area contributed by atoms with Crippen LogP contribution in [0.2, 0.25) is 0 Å². The van der Waals surface area contributed by atoms with Crippen LogP contribution in [-0.4, -0.2) is 86.0 Å². The fourth-order valence-electron chi connectivity index (χ4n) is 3.05. The Kier molecular flexibility index (Phi) is 7.66. The van der Waals surface area contributed by atoms with E-state index in [1.807, 2.05) is 0 Å². The number of methoxy groups -OCH3 is 2. The summed E-state index contributed by atoms with van der Waals surface area (Å²) in [7, 11) is 2.55. The molecule has 2 atom stereocenters. The molecule has 0 saturated carbocycles. The van der Waals surface area contributed by atoms with Gasteiger partial charge in [0.25, 0.3) is 5.91 Å². The number of carbonyl (C=O) groups is 4. The van der Waals surface area contributed by atoms with Gasteiger partial charge >= 0.3 is 5.97 Å². The number of amides is 3. The van der Waals surface area contributed by atoms with Gasteiger partial charge in [-0.1, -0.05) is 6.07 Å². The monoisotopic (exact) mass is 409 g/mol. The predicted octanol–water partition coefficient (Wildman–Crippen LogP) is -0.197. The van der Waals surface area contributed by atoms with Crippen LogP contribution < -0.4 is 5.32 Å². The SMILES string of the molecule is COCC(=O)N1CCN(C(=O)c2cccc(F)c2)C[C@@H]1C(=O)N[C@H](C)C(=O)OC. The first-order valence-electron chi connectivity index (χ1n) is 9.00. The summed E-state index contributed by atoms with van der Waals surface area (Å²) in [5.74, 6) is -2.68. The number of carbonyl (C=O) groups excluding carboxylic acids is 4. The van der Waals surface area contributed by atoms with Crippen molar-refractivity contribution in [3.8, 4) is 0 Å². The minimum Gasteiger partial charge on any atom is -0.467 e. The molecule has 1 aliphatic rings. The van der Waals surface area contributed by atoms with Crippen LogP contribution in [0.4, 0.5) is 4.39 Å². The number of hydrogen-bond acceptors (Lipinski definition) is 6. The number of benzene rings is 1. The van der Waals surface area contributed by atoms with Gasteiger partial charge in [-0.2, -0.15) is 0 Å². The number of nitrogens with one attached hydrogen (secondary N) is 1. The van der Waals surface area contributed by atoms with Gasteiger partial charge in [-0.25, -0.2) is 9.18 Å². The van der Waals surface area contributed by atoms with Crippen LogP contribution in [0.1, 0.15) is 17.3 Å². The molecule has 0 aromatic heterocycles. The topological polar surface area (TPSA) is 105 Å². The molecular weight excluding hydrogens is 385 g/mol. The maximum absolute atomic E-state index is 13.5. The molecule has 29 heavy (non-hydrogen) atoms. The van der Waals surface area contributed by atoms with Crippen LogP contribution in [0.3, 0.4) is 0 Å². The van der Waals surface area contributed by atoms with Gasteiger partial charge in [-0.05, 0) is 25.1 Å². The van der Waals surface area contributed by atoms with E-state index >= 15 is 0 Å². The van der Waals surface area contributed by atoms with Crippen molar-refractivity contribution in [1.82, 2.24) is 15.1 Å². The fraction of sp³-hybridized carbons (Fsp3) is 0.474. The zero-order valence-corrected chi connectivity index (χ0v) is 16.5. The van der Waals surface area contributed by atoms with E-state index in [1.165, 1.54) is 49.1 Å². The number of ether oxygens (including phenoxy) is 2. The quantitative estimate of drug-likeness (QED) is 0.653. The van der Waals surface area contributed by atoms with E-state index in [0.717, 1.165) is 6.07 Å². The summed E-state index contributed by atoms with van der Waals surface area (Å²) in [4.78, 5) is 52.1. The maximum Gasteiger partial charge on any atom is 0.328 e. The van der Waals surface area contributed by atoms with Gasteiger partial charge in [-0.15, -0.1) is 0 Å². The van der Waals surface area contributed by atoms with Crippen molar-refractivity contribution in [2.24, 2.45) is 0 Å². The summed E-state index contributed by atoms with van der Waals surface area (Å²) in [6.07, 6.45) is 0. The van der Waals surface area contributed by atoms with Gasteiger partial charge in [0, 0.05) is 25.8 Å². The molecule has 1 heterocycles. The van der Waals surface area contributed by atoms with Crippen molar-refractivity contribution in [2.75, 3.05) is 40.5 Å². The number of piperazine rings is 1. The van der Waals surface area contributed by atoms with Gasteiger partial charge < -0.3 is 24.6 Å². The van der Waals surface area contributed by atoms with Crippen molar-refractivity contribution >= 4 is 23.7 Å². The Balaban J connectivity index is 2.20. The van der Waals surface area contributed by atoms with Crippen LogP contribution in [0, 0.1) is 5.82 Å². The van der Waals surface area contributed by atoms with E-state index < -0.39 is 41.6 Å². The first-order chi connectivity index (χ1) is 13.8. The van der Waals surface area contributed by atoms with Crippen molar-refractivity contribution in [1.29, 1.82) is 0 Å². The lowest BCUT2D eigenvalue weighted by Crippen LogP contribution is -2.63. The standard InChI is InChI=1S/C19H24FN3O6/c1-12(19(27)29-3)21-17(25)15-10-22(7-8-23(15)16(24)11-28-2)18(26)13-5-4-6-14(20)9-13/h4-6,9,12,15H,7-8,10-11H2,1-3H3,(H,21,25)/t12-,15-/m1/s1. The molecule has 2 rings (SSSR count). The number of halogens is 1. The molecule has 0 radical (unpaired) electrons. The Hall–Kier alpha value is -3.01. The second-order valence-corrected chi connectivity index (χ2v) is 6.55. The molecule has 0 spiro atoms. The first kappa shape index (κ1) is 22.3. The Morgan fingerprint density at radius 1 is 1.24 bits per heavy atom. The molecule has 1 N–H and O–H groups in total. The van der Waals surface area contributed by atoms with Crippen LogP contribution in [0.15, 0.2) is 24.3 Å². The second kappa shape index (κ2) is 9.97. The molecule has 10 heteroatoms. The van der Waals surface area contributed by atoms with Gasteiger partial charge in [0.15, 0.2) is 0 Å². The van der Waals surface area contributed by atoms with Crippen molar-refractivity contribution in [2.45, 2.75) is 19.0 Å². The van der Waals surface area contributed by atoms with Crippen LogP contribution in [-0.2, 0) is 23.9 Å². The molecule has 3 amide bonds. The van der Waals surface area contributed by atoms with Gasteiger partial charge in [-0.3, -0.25) is 14.4 Å². The zero-order chi connectivity index (χ0) is 21.6. The van der Waals surface area contributed by atoms with Gasteiger partial charge in [0.05, 0.1) is 13.7 Å². The molecular formula is C19H24FN3O6. The molecule has 1 saturated heterocycles. The Labute approximate surface area is 167 Å². The van der Waals surface area contributed by atoms with Crippen LogP contribution in [0.25, 0.3) is 0 Å². The molecule has 1 aromatic carbocycles. The summed E-state index contributed by atoms with van der Waals surface area (Å²) in [6.45, 7) is 1.37. The average Bonchev–Trinajstić information content (AvgIpc) is 2.72. The van der Waals surface area contributed by atoms with Crippen molar-refractivity contribution in [3.63, 3.8) is 0 Å². The third kappa shape index (κ3) is 5.50. The molecule has 0 bridgehead atoms. The highest BCUT2D eigenvalue weighted by molar-refractivity contribution is 5.96. The van der Waals surface area contributed by atoms with Gasteiger partial charge in [0.2, 0.25) is 11.8 Å².